The zero-order chi connectivity index (χ0) is 15.8. The first-order chi connectivity index (χ1) is 9.91. The van der Waals surface area contributed by atoms with Gasteiger partial charge in [-0.25, -0.2) is 0 Å². The lowest BCUT2D eigenvalue weighted by atomic mass is 9.97. The van der Waals surface area contributed by atoms with Gasteiger partial charge in [-0.3, -0.25) is 9.59 Å². The highest BCUT2D eigenvalue weighted by atomic mass is 35.5. The standard InChI is InChI=1S/C16H25ClN2O2/c1-12-10-19(14(3)20)11-15(12)16(21)18-9-7-5-4-6-8-13(2)17/h4,6,8,12,15H,5,7,9-11H2,1-3H3,(H,18,21)/b6-4+,13-8+/t12-,15-/m0/s1. The highest BCUT2D eigenvalue weighted by Crippen LogP contribution is 2.23. The first kappa shape index (κ1) is 17.8. The predicted octanol–water partition coefficient (Wildman–Crippen LogP) is 2.70. The molecule has 4 nitrogen and oxygen atoms in total. The maximum Gasteiger partial charge on any atom is 0.225 e. The summed E-state index contributed by atoms with van der Waals surface area (Å²) in [7, 11) is 0. The van der Waals surface area contributed by atoms with Crippen LogP contribution in [0.3, 0.4) is 0 Å². The van der Waals surface area contributed by atoms with Crippen LogP contribution >= 0.6 is 11.6 Å². The van der Waals surface area contributed by atoms with E-state index in [2.05, 4.69) is 5.32 Å². The minimum Gasteiger partial charge on any atom is -0.356 e. The largest absolute Gasteiger partial charge is 0.356 e. The van der Waals surface area contributed by atoms with Crippen LogP contribution in [0, 0.1) is 11.8 Å². The Labute approximate surface area is 132 Å². The van der Waals surface area contributed by atoms with Crippen LogP contribution in [0.4, 0.5) is 0 Å². The number of hydrogen-bond acceptors (Lipinski definition) is 2. The molecule has 1 rings (SSSR count). The SMILES string of the molecule is CC(=O)N1C[C@H](C(=O)NCCC/C=C/C=C(\C)Cl)[C@@H](C)C1. The number of halogens is 1. The van der Waals surface area contributed by atoms with Gasteiger partial charge in [0.2, 0.25) is 11.8 Å². The Morgan fingerprint density at radius 1 is 1.33 bits per heavy atom. The van der Waals surface area contributed by atoms with Crippen molar-refractivity contribution in [3.05, 3.63) is 23.3 Å². The van der Waals surface area contributed by atoms with Gasteiger partial charge < -0.3 is 10.2 Å². The summed E-state index contributed by atoms with van der Waals surface area (Å²) in [5.74, 6) is 0.258. The third kappa shape index (κ3) is 6.34. The Bertz CT molecular complexity index is 428. The summed E-state index contributed by atoms with van der Waals surface area (Å²) in [6.45, 7) is 7.30. The lowest BCUT2D eigenvalue weighted by Gasteiger charge is -2.14. The van der Waals surface area contributed by atoms with E-state index in [4.69, 9.17) is 11.6 Å². The van der Waals surface area contributed by atoms with Crippen molar-refractivity contribution in [2.75, 3.05) is 19.6 Å². The first-order valence-electron chi connectivity index (χ1n) is 7.44. The Kier molecular flexibility index (Phi) is 7.51. The Morgan fingerprint density at radius 2 is 2.05 bits per heavy atom. The molecule has 1 saturated heterocycles. The van der Waals surface area contributed by atoms with Crippen molar-refractivity contribution in [3.63, 3.8) is 0 Å². The normalized spacial score (nSPS) is 22.9. The van der Waals surface area contributed by atoms with Gasteiger partial charge in [0.25, 0.3) is 0 Å². The molecule has 118 valence electrons. The summed E-state index contributed by atoms with van der Waals surface area (Å²) in [5.41, 5.74) is 0. The molecule has 0 aromatic rings. The van der Waals surface area contributed by atoms with Crippen molar-refractivity contribution in [2.24, 2.45) is 11.8 Å². The van der Waals surface area contributed by atoms with Gasteiger partial charge in [-0.2, -0.15) is 0 Å². The molecule has 0 unspecified atom stereocenters. The van der Waals surface area contributed by atoms with Crippen LogP contribution in [0.2, 0.25) is 0 Å². The fourth-order valence-electron chi connectivity index (χ4n) is 2.42. The Balaban J connectivity index is 2.24. The van der Waals surface area contributed by atoms with E-state index in [9.17, 15) is 9.59 Å². The number of carbonyl (C=O) groups is 2. The van der Waals surface area contributed by atoms with Crippen molar-refractivity contribution in [3.8, 4) is 0 Å². The molecule has 0 bridgehead atoms. The van der Waals surface area contributed by atoms with Crippen molar-refractivity contribution >= 4 is 23.4 Å². The highest BCUT2D eigenvalue weighted by molar-refractivity contribution is 6.29. The second kappa shape index (κ2) is 8.88. The quantitative estimate of drug-likeness (QED) is 0.605. The second-order valence-electron chi connectivity index (χ2n) is 5.62. The van der Waals surface area contributed by atoms with Crippen molar-refractivity contribution in [2.45, 2.75) is 33.6 Å². The van der Waals surface area contributed by atoms with E-state index < -0.39 is 0 Å². The van der Waals surface area contributed by atoms with Crippen molar-refractivity contribution in [1.82, 2.24) is 10.2 Å². The lowest BCUT2D eigenvalue weighted by molar-refractivity contribution is -0.128. The van der Waals surface area contributed by atoms with Crippen LogP contribution in [0.15, 0.2) is 23.3 Å². The van der Waals surface area contributed by atoms with E-state index in [1.165, 1.54) is 0 Å². The van der Waals surface area contributed by atoms with Gasteiger partial charge in [0, 0.05) is 31.6 Å². The lowest BCUT2D eigenvalue weighted by Crippen LogP contribution is -2.35. The van der Waals surface area contributed by atoms with Crippen LogP contribution in [0.5, 0.6) is 0 Å². The summed E-state index contributed by atoms with van der Waals surface area (Å²) in [4.78, 5) is 25.2. The molecule has 2 atom stereocenters. The molecule has 1 heterocycles. The molecule has 0 saturated carbocycles. The molecule has 2 amide bonds. The maximum atomic E-state index is 12.1. The van der Waals surface area contributed by atoms with Gasteiger partial charge in [-0.1, -0.05) is 30.7 Å². The summed E-state index contributed by atoms with van der Waals surface area (Å²) < 4.78 is 0. The predicted molar refractivity (Wildman–Crippen MR) is 85.9 cm³/mol. The van der Waals surface area contributed by atoms with E-state index in [0.717, 1.165) is 17.9 Å². The molecule has 0 spiro atoms. The van der Waals surface area contributed by atoms with E-state index >= 15 is 0 Å². The third-order valence-corrected chi connectivity index (χ3v) is 3.83. The van der Waals surface area contributed by atoms with Crippen LogP contribution in [0.1, 0.15) is 33.6 Å². The minimum atomic E-state index is -0.0775. The molecular formula is C16H25ClN2O2. The Hall–Kier alpha value is -1.29. The summed E-state index contributed by atoms with van der Waals surface area (Å²) in [5, 5.41) is 3.72. The molecule has 0 aromatic carbocycles. The zero-order valence-corrected chi connectivity index (χ0v) is 13.8. The Morgan fingerprint density at radius 3 is 2.62 bits per heavy atom. The van der Waals surface area contributed by atoms with Gasteiger partial charge in [-0.15, -0.1) is 0 Å². The molecule has 1 aliphatic rings. The zero-order valence-electron chi connectivity index (χ0n) is 13.1. The smallest absolute Gasteiger partial charge is 0.225 e. The molecule has 0 aromatic heterocycles. The van der Waals surface area contributed by atoms with E-state index in [0.29, 0.717) is 19.6 Å². The van der Waals surface area contributed by atoms with Gasteiger partial charge in [0.1, 0.15) is 0 Å². The number of carbonyl (C=O) groups excluding carboxylic acids is 2. The van der Waals surface area contributed by atoms with Gasteiger partial charge in [0.05, 0.1) is 5.92 Å². The molecule has 0 aliphatic carbocycles. The maximum absolute atomic E-state index is 12.1. The van der Waals surface area contributed by atoms with Crippen molar-refractivity contribution in [1.29, 1.82) is 0 Å². The van der Waals surface area contributed by atoms with Crippen LogP contribution in [0.25, 0.3) is 0 Å². The van der Waals surface area contributed by atoms with Crippen molar-refractivity contribution < 1.29 is 9.59 Å². The first-order valence-corrected chi connectivity index (χ1v) is 7.81. The monoisotopic (exact) mass is 312 g/mol. The average molecular weight is 313 g/mol. The van der Waals surface area contributed by atoms with Gasteiger partial charge >= 0.3 is 0 Å². The fraction of sp³-hybridized carbons (Fsp3) is 0.625. The van der Waals surface area contributed by atoms with Gasteiger partial charge in [0.15, 0.2) is 0 Å². The molecule has 5 heteroatoms. The summed E-state index contributed by atoms with van der Waals surface area (Å²) >= 11 is 5.70. The molecule has 1 aliphatic heterocycles. The number of amides is 2. The number of nitrogens with zero attached hydrogens (tertiary/aromatic N) is 1. The average Bonchev–Trinajstić information content (AvgIpc) is 2.79. The topological polar surface area (TPSA) is 49.4 Å². The highest BCUT2D eigenvalue weighted by Gasteiger charge is 2.35. The van der Waals surface area contributed by atoms with Gasteiger partial charge in [-0.05, 0) is 31.8 Å². The summed E-state index contributed by atoms with van der Waals surface area (Å²) in [6.07, 6.45) is 7.61. The number of unbranched alkanes of at least 4 members (excludes halogenated alkanes) is 1. The third-order valence-electron chi connectivity index (χ3n) is 3.70. The number of nitrogens with one attached hydrogen (secondary N) is 1. The fourth-order valence-corrected chi connectivity index (χ4v) is 2.50. The van der Waals surface area contributed by atoms with Crippen LogP contribution in [-0.2, 0) is 9.59 Å². The van der Waals surface area contributed by atoms with E-state index in [-0.39, 0.29) is 23.7 Å². The molecule has 0 radical (unpaired) electrons. The molecular weight excluding hydrogens is 288 g/mol. The summed E-state index contributed by atoms with van der Waals surface area (Å²) in [6, 6.07) is 0. The number of hydrogen-bond donors (Lipinski definition) is 1. The van der Waals surface area contributed by atoms with Crippen LogP contribution < -0.4 is 5.32 Å². The number of likely N-dealkylation sites (tertiary alicyclic amines) is 1. The van der Waals surface area contributed by atoms with E-state index in [1.54, 1.807) is 11.8 Å². The molecule has 1 fully saturated rings. The molecule has 21 heavy (non-hydrogen) atoms. The molecule has 1 N–H and O–H groups in total. The minimum absolute atomic E-state index is 0.0462. The van der Waals surface area contributed by atoms with Crippen LogP contribution in [-0.4, -0.2) is 36.3 Å². The second-order valence-corrected chi connectivity index (χ2v) is 6.22. The van der Waals surface area contributed by atoms with E-state index in [1.807, 2.05) is 32.1 Å². The number of rotatable bonds is 6. The number of allylic oxidation sites excluding steroid dienone is 4.